The number of nitrogens with zero attached hydrogens (tertiary/aromatic N) is 1. The van der Waals surface area contributed by atoms with E-state index >= 15 is 0 Å². The van der Waals surface area contributed by atoms with E-state index in [-0.39, 0.29) is 0 Å². The molecule has 0 aromatic rings. The molecular weight excluding hydrogens is 194 g/mol. The summed E-state index contributed by atoms with van der Waals surface area (Å²) in [4.78, 5) is 8.43. The van der Waals surface area contributed by atoms with Crippen LogP contribution in [0.15, 0.2) is 12.3 Å². The average Bonchev–Trinajstić information content (AvgIpc) is 2.33. The molecule has 0 fully saturated rings. The van der Waals surface area contributed by atoms with Crippen LogP contribution in [-0.4, -0.2) is 27.6 Å². The van der Waals surface area contributed by atoms with Crippen LogP contribution in [0.1, 0.15) is 0 Å². The summed E-state index contributed by atoms with van der Waals surface area (Å²) >= 11 is 5.37. The third-order valence-electron chi connectivity index (χ3n) is 1.28. The minimum absolute atomic E-state index is 0.321. The summed E-state index contributed by atoms with van der Waals surface area (Å²) in [5.41, 5.74) is 1.90. The number of nitrogens with one attached hydrogen (secondary N) is 1. The van der Waals surface area contributed by atoms with Crippen molar-refractivity contribution in [2.75, 3.05) is 0 Å². The second-order valence-corrected chi connectivity index (χ2v) is 2.73. The first kappa shape index (κ1) is 9.21. The van der Waals surface area contributed by atoms with Gasteiger partial charge < -0.3 is 5.11 Å². The van der Waals surface area contributed by atoms with Gasteiger partial charge in [-0.2, -0.15) is 14.2 Å². The lowest BCUT2D eigenvalue weighted by Gasteiger charge is -2.20. The molecule has 0 amide bonds. The van der Waals surface area contributed by atoms with Crippen LogP contribution in [0.25, 0.3) is 0 Å². The third kappa shape index (κ3) is 1.49. The number of hydrogen-bond acceptors (Lipinski definition) is 3. The van der Waals surface area contributed by atoms with Crippen molar-refractivity contribution in [3.8, 4) is 0 Å². The van der Waals surface area contributed by atoms with Crippen molar-refractivity contribution in [3.63, 3.8) is 0 Å². The predicted molar refractivity (Wildman–Crippen MR) is 36.3 cm³/mol. The minimum atomic E-state index is -2.82. The van der Waals surface area contributed by atoms with Gasteiger partial charge in [-0.25, -0.2) is 4.79 Å². The number of carboxylic acids is 1. The van der Waals surface area contributed by atoms with Crippen molar-refractivity contribution in [2.24, 2.45) is 0 Å². The summed E-state index contributed by atoms with van der Waals surface area (Å²) < 4.78 is 23.8. The Morgan fingerprint density at radius 1 is 1.75 bits per heavy atom. The first-order valence-corrected chi connectivity index (χ1v) is 3.29. The topological polar surface area (TPSA) is 52.6 Å². The third-order valence-corrected chi connectivity index (χ3v) is 1.65. The molecule has 4 nitrogen and oxygen atoms in total. The van der Waals surface area contributed by atoms with Crippen molar-refractivity contribution < 1.29 is 18.7 Å². The van der Waals surface area contributed by atoms with Gasteiger partial charge in [0.2, 0.25) is 5.00 Å². The highest BCUT2D eigenvalue weighted by Crippen LogP contribution is 2.22. The van der Waals surface area contributed by atoms with Crippen LogP contribution in [0.3, 0.4) is 0 Å². The summed E-state index contributed by atoms with van der Waals surface area (Å²) in [5.74, 6) is -1.43. The van der Waals surface area contributed by atoms with Gasteiger partial charge in [-0.05, 0) is 6.08 Å². The Hall–Kier alpha value is -0.880. The van der Waals surface area contributed by atoms with E-state index in [0.29, 0.717) is 5.01 Å². The molecule has 0 aromatic carbocycles. The predicted octanol–water partition coefficient (Wildman–Crippen LogP) is 0.563. The maximum absolute atomic E-state index is 11.9. The standard InChI is InChI=1S/C5H5ClF2N2O2/c6-5(3(11)12)1-2-10(9-5)4(7)8/h1-2,4,9H,(H,11,12). The van der Waals surface area contributed by atoms with Crippen molar-refractivity contribution in [2.45, 2.75) is 11.5 Å². The van der Waals surface area contributed by atoms with Crippen LogP contribution in [0.2, 0.25) is 0 Å². The van der Waals surface area contributed by atoms with E-state index in [1.807, 2.05) is 5.43 Å². The van der Waals surface area contributed by atoms with E-state index in [9.17, 15) is 13.6 Å². The van der Waals surface area contributed by atoms with E-state index < -0.39 is 17.5 Å². The lowest BCUT2D eigenvalue weighted by atomic mass is 10.3. The molecule has 2 N–H and O–H groups in total. The molecule has 0 radical (unpaired) electrons. The number of carboxylic acid groups (broad SMARTS) is 1. The van der Waals surface area contributed by atoms with Crippen LogP contribution < -0.4 is 5.43 Å². The Balaban J connectivity index is 2.69. The molecule has 1 aliphatic rings. The number of alkyl halides is 3. The van der Waals surface area contributed by atoms with E-state index in [4.69, 9.17) is 16.7 Å². The van der Waals surface area contributed by atoms with E-state index in [1.165, 1.54) is 0 Å². The number of hydrazine groups is 1. The van der Waals surface area contributed by atoms with Crippen molar-refractivity contribution in [1.82, 2.24) is 10.4 Å². The van der Waals surface area contributed by atoms with Crippen LogP contribution in [0.4, 0.5) is 8.78 Å². The Labute approximate surface area is 71.4 Å². The highest BCUT2D eigenvalue weighted by Gasteiger charge is 2.40. The molecule has 0 aromatic heterocycles. The maximum atomic E-state index is 11.9. The first-order valence-electron chi connectivity index (χ1n) is 2.92. The second kappa shape index (κ2) is 2.87. The summed E-state index contributed by atoms with van der Waals surface area (Å²) in [6.07, 6.45) is 1.81. The van der Waals surface area contributed by atoms with Crippen LogP contribution >= 0.6 is 11.6 Å². The summed E-state index contributed by atoms with van der Waals surface area (Å²) in [6.45, 7) is -2.82. The molecule has 1 unspecified atom stereocenters. The zero-order valence-corrected chi connectivity index (χ0v) is 6.42. The fraction of sp³-hybridized carbons (Fsp3) is 0.400. The fourth-order valence-electron chi connectivity index (χ4n) is 0.678. The normalized spacial score (nSPS) is 28.5. The molecule has 12 heavy (non-hydrogen) atoms. The molecule has 0 saturated heterocycles. The van der Waals surface area contributed by atoms with E-state index in [0.717, 1.165) is 12.3 Å². The monoisotopic (exact) mass is 198 g/mol. The summed E-state index contributed by atoms with van der Waals surface area (Å²) in [7, 11) is 0. The van der Waals surface area contributed by atoms with Gasteiger partial charge in [0.15, 0.2) is 0 Å². The molecule has 1 aliphatic heterocycles. The molecule has 1 rings (SSSR count). The quantitative estimate of drug-likeness (QED) is 0.503. The van der Waals surface area contributed by atoms with Gasteiger partial charge in [0.25, 0.3) is 0 Å². The first-order chi connectivity index (χ1) is 5.46. The molecule has 0 bridgehead atoms. The van der Waals surface area contributed by atoms with E-state index in [2.05, 4.69) is 0 Å². The molecule has 7 heteroatoms. The molecule has 0 saturated carbocycles. The number of aliphatic carboxylic acids is 1. The van der Waals surface area contributed by atoms with Crippen LogP contribution in [-0.2, 0) is 4.79 Å². The van der Waals surface area contributed by atoms with Gasteiger partial charge in [-0.15, -0.1) is 0 Å². The highest BCUT2D eigenvalue weighted by molar-refractivity contribution is 6.35. The smallest absolute Gasteiger partial charge is 0.345 e. The number of rotatable bonds is 2. The van der Waals surface area contributed by atoms with Crippen LogP contribution in [0, 0.1) is 0 Å². The fourth-order valence-corrected chi connectivity index (χ4v) is 0.832. The Kier molecular flexibility index (Phi) is 2.20. The highest BCUT2D eigenvalue weighted by atomic mass is 35.5. The largest absolute Gasteiger partial charge is 0.479 e. The molecular formula is C5H5ClF2N2O2. The van der Waals surface area contributed by atoms with Crippen molar-refractivity contribution in [1.29, 1.82) is 0 Å². The molecule has 1 atom stereocenters. The Morgan fingerprint density at radius 3 is 2.58 bits per heavy atom. The molecule has 0 aliphatic carbocycles. The maximum Gasteiger partial charge on any atom is 0.345 e. The second-order valence-electron chi connectivity index (χ2n) is 2.13. The molecule has 0 spiro atoms. The zero-order chi connectivity index (χ0) is 9.35. The van der Waals surface area contributed by atoms with Crippen molar-refractivity contribution in [3.05, 3.63) is 12.3 Å². The Morgan fingerprint density at radius 2 is 2.33 bits per heavy atom. The summed E-state index contributed by atoms with van der Waals surface area (Å²) in [6, 6.07) is 0. The zero-order valence-electron chi connectivity index (χ0n) is 5.67. The van der Waals surface area contributed by atoms with E-state index in [1.54, 1.807) is 0 Å². The molecule has 1 heterocycles. The number of hydrogen-bond donors (Lipinski definition) is 2. The van der Waals surface area contributed by atoms with Gasteiger partial charge in [0.1, 0.15) is 0 Å². The average molecular weight is 199 g/mol. The van der Waals surface area contributed by atoms with Gasteiger partial charge in [0.05, 0.1) is 0 Å². The number of halogens is 3. The van der Waals surface area contributed by atoms with Crippen LogP contribution in [0.5, 0.6) is 0 Å². The van der Waals surface area contributed by atoms with Gasteiger partial charge in [0, 0.05) is 6.20 Å². The lowest BCUT2D eigenvalue weighted by molar-refractivity contribution is -0.141. The minimum Gasteiger partial charge on any atom is -0.479 e. The Bertz CT molecular complexity index is 235. The summed E-state index contributed by atoms with van der Waals surface area (Å²) in [5, 5.41) is 8.78. The lowest BCUT2D eigenvalue weighted by Crippen LogP contribution is -2.49. The van der Waals surface area contributed by atoms with Gasteiger partial charge in [-0.1, -0.05) is 11.6 Å². The SMILES string of the molecule is O=C(O)C1(Cl)C=CN(C(F)F)N1. The van der Waals surface area contributed by atoms with Gasteiger partial charge >= 0.3 is 12.5 Å². The number of carbonyl (C=O) groups is 1. The van der Waals surface area contributed by atoms with Gasteiger partial charge in [-0.3, -0.25) is 5.01 Å². The molecule has 68 valence electrons. The van der Waals surface area contributed by atoms with Crippen molar-refractivity contribution >= 4 is 17.6 Å².